The Hall–Kier alpha value is -2.53. The summed E-state index contributed by atoms with van der Waals surface area (Å²) < 4.78 is 1.83. The number of aryl methyl sites for hydroxylation is 1. The number of aromatic nitrogens is 2. The molecule has 0 fully saturated rings. The number of hydrogen-bond acceptors (Lipinski definition) is 3. The average Bonchev–Trinajstić information content (AvgIpc) is 2.96. The summed E-state index contributed by atoms with van der Waals surface area (Å²) in [6.45, 7) is 4.90. The first-order valence-electron chi connectivity index (χ1n) is 8.83. The maximum atomic E-state index is 13.3. The van der Waals surface area contributed by atoms with Crippen LogP contribution in [0.3, 0.4) is 0 Å². The molecule has 4 rings (SSSR count). The largest absolute Gasteiger partial charge is 0.306 e. The molecular weight excluding hydrogens is 342 g/mol. The molecule has 1 atom stereocenters. The summed E-state index contributed by atoms with van der Waals surface area (Å²) in [6.07, 6.45) is 0.962. The van der Waals surface area contributed by atoms with E-state index in [1.54, 1.807) is 0 Å². The van der Waals surface area contributed by atoms with Crippen molar-refractivity contribution in [2.24, 2.45) is 0 Å². The molecule has 2 heterocycles. The highest BCUT2D eigenvalue weighted by molar-refractivity contribution is 8.00. The number of fused-ring (bicyclic) bond motifs is 1. The number of carbonyl (C=O) groups is 1. The van der Waals surface area contributed by atoms with E-state index in [0.717, 1.165) is 28.4 Å². The van der Waals surface area contributed by atoms with Crippen molar-refractivity contribution in [3.63, 3.8) is 0 Å². The fourth-order valence-electron chi connectivity index (χ4n) is 3.25. The molecule has 1 aliphatic heterocycles. The number of para-hydroxylation sites is 2. The topological polar surface area (TPSA) is 38.1 Å². The molecule has 1 amide bonds. The minimum absolute atomic E-state index is 0.0371. The maximum Gasteiger partial charge on any atom is 0.278 e. The zero-order valence-corrected chi connectivity index (χ0v) is 15.7. The van der Waals surface area contributed by atoms with Crippen molar-refractivity contribution in [2.75, 3.05) is 11.4 Å². The first kappa shape index (κ1) is 16.9. The van der Waals surface area contributed by atoms with Crippen LogP contribution in [-0.4, -0.2) is 27.5 Å². The maximum absolute atomic E-state index is 13.3. The van der Waals surface area contributed by atoms with Gasteiger partial charge >= 0.3 is 0 Å². The lowest BCUT2D eigenvalue weighted by Crippen LogP contribution is -2.32. The number of benzene rings is 2. The number of carbonyl (C=O) groups excluding carboxylic acids is 1. The lowest BCUT2D eigenvalue weighted by molar-refractivity contribution is 0.0981. The number of thioether (sulfide) groups is 1. The summed E-state index contributed by atoms with van der Waals surface area (Å²) in [5, 5.41) is 5.08. The molecule has 1 aliphatic rings. The fourth-order valence-corrected chi connectivity index (χ4v) is 4.36. The van der Waals surface area contributed by atoms with E-state index in [1.165, 1.54) is 0 Å². The van der Waals surface area contributed by atoms with Crippen LogP contribution in [0.2, 0.25) is 0 Å². The Kier molecular flexibility index (Phi) is 4.55. The van der Waals surface area contributed by atoms with E-state index in [4.69, 9.17) is 0 Å². The fraction of sp³-hybridized carbons (Fsp3) is 0.238. The number of anilines is 1. The third-order valence-corrected chi connectivity index (χ3v) is 5.83. The van der Waals surface area contributed by atoms with Crippen molar-refractivity contribution >= 4 is 23.4 Å². The standard InChI is InChI=1S/C21H21N3OS/c1-15-14-18(22-24(15)17-8-4-3-5-9-17)21(25)23-13-12-16(2)26-20-11-7-6-10-19(20)23/h3-11,14,16H,12-13H2,1-2H3. The molecule has 0 spiro atoms. The van der Waals surface area contributed by atoms with Gasteiger partial charge in [0.2, 0.25) is 0 Å². The Morgan fingerprint density at radius 3 is 2.65 bits per heavy atom. The van der Waals surface area contributed by atoms with Gasteiger partial charge in [0.15, 0.2) is 5.69 Å². The molecule has 0 N–H and O–H groups in total. The molecule has 0 saturated carbocycles. The number of hydrogen-bond donors (Lipinski definition) is 0. The van der Waals surface area contributed by atoms with Crippen molar-refractivity contribution in [3.05, 3.63) is 72.1 Å². The Bertz CT molecular complexity index is 935. The highest BCUT2D eigenvalue weighted by Gasteiger charge is 2.26. The first-order chi connectivity index (χ1) is 12.6. The molecule has 4 nitrogen and oxygen atoms in total. The van der Waals surface area contributed by atoms with E-state index in [-0.39, 0.29) is 5.91 Å². The van der Waals surface area contributed by atoms with Crippen molar-refractivity contribution in [1.29, 1.82) is 0 Å². The number of nitrogens with zero attached hydrogens (tertiary/aromatic N) is 3. The summed E-state index contributed by atoms with van der Waals surface area (Å²) in [7, 11) is 0. The molecule has 132 valence electrons. The molecular formula is C21H21N3OS. The van der Waals surface area contributed by atoms with Crippen molar-refractivity contribution in [1.82, 2.24) is 9.78 Å². The first-order valence-corrected chi connectivity index (χ1v) is 9.71. The van der Waals surface area contributed by atoms with E-state index in [0.29, 0.717) is 17.5 Å². The van der Waals surface area contributed by atoms with Crippen LogP contribution in [0.1, 0.15) is 29.5 Å². The van der Waals surface area contributed by atoms with Crippen LogP contribution < -0.4 is 4.90 Å². The Morgan fingerprint density at radius 1 is 1.12 bits per heavy atom. The van der Waals surface area contributed by atoms with E-state index in [9.17, 15) is 4.79 Å². The van der Waals surface area contributed by atoms with Crippen LogP contribution in [0.15, 0.2) is 65.6 Å². The van der Waals surface area contributed by atoms with Crippen LogP contribution in [0.5, 0.6) is 0 Å². The van der Waals surface area contributed by atoms with Crippen LogP contribution in [-0.2, 0) is 0 Å². The predicted octanol–water partition coefficient (Wildman–Crippen LogP) is 4.71. The van der Waals surface area contributed by atoms with E-state index in [1.807, 2.05) is 82.9 Å². The summed E-state index contributed by atoms with van der Waals surface area (Å²) in [5.74, 6) is -0.0371. The lowest BCUT2D eigenvalue weighted by atomic mass is 10.2. The quantitative estimate of drug-likeness (QED) is 0.662. The summed E-state index contributed by atoms with van der Waals surface area (Å²) in [5.41, 5.74) is 3.38. The number of amides is 1. The molecule has 5 heteroatoms. The molecule has 2 aromatic carbocycles. The van der Waals surface area contributed by atoms with Gasteiger partial charge in [0.25, 0.3) is 5.91 Å². The van der Waals surface area contributed by atoms with E-state index in [2.05, 4.69) is 18.1 Å². The van der Waals surface area contributed by atoms with Gasteiger partial charge in [0.05, 0.1) is 11.4 Å². The van der Waals surface area contributed by atoms with Gasteiger partial charge in [0.1, 0.15) is 0 Å². The molecule has 0 radical (unpaired) electrons. The van der Waals surface area contributed by atoms with E-state index < -0.39 is 0 Å². The van der Waals surface area contributed by atoms with Gasteiger partial charge in [-0.15, -0.1) is 11.8 Å². The average molecular weight is 363 g/mol. The second-order valence-electron chi connectivity index (χ2n) is 6.56. The third-order valence-electron chi connectivity index (χ3n) is 4.60. The highest BCUT2D eigenvalue weighted by atomic mass is 32.2. The van der Waals surface area contributed by atoms with Crippen LogP contribution in [0.25, 0.3) is 5.69 Å². The lowest BCUT2D eigenvalue weighted by Gasteiger charge is -2.21. The number of rotatable bonds is 2. The van der Waals surface area contributed by atoms with Crippen LogP contribution in [0, 0.1) is 6.92 Å². The normalized spacial score (nSPS) is 16.8. The minimum atomic E-state index is -0.0371. The van der Waals surface area contributed by atoms with Gasteiger partial charge in [-0.3, -0.25) is 4.79 Å². The SMILES string of the molecule is Cc1cc(C(=O)N2CCC(C)Sc3ccccc32)nn1-c1ccccc1. The summed E-state index contributed by atoms with van der Waals surface area (Å²) >= 11 is 1.83. The van der Waals surface area contributed by atoms with Gasteiger partial charge in [-0.1, -0.05) is 37.3 Å². The highest BCUT2D eigenvalue weighted by Crippen LogP contribution is 2.37. The Morgan fingerprint density at radius 2 is 1.85 bits per heavy atom. The molecule has 0 bridgehead atoms. The molecule has 0 saturated heterocycles. The van der Waals surface area contributed by atoms with Gasteiger partial charge in [-0.2, -0.15) is 5.10 Å². The van der Waals surface area contributed by atoms with Gasteiger partial charge in [-0.25, -0.2) is 4.68 Å². The molecule has 1 unspecified atom stereocenters. The Balaban J connectivity index is 1.70. The zero-order chi connectivity index (χ0) is 18.1. The molecule has 0 aliphatic carbocycles. The van der Waals surface area contributed by atoms with Crippen LogP contribution in [0.4, 0.5) is 5.69 Å². The van der Waals surface area contributed by atoms with Crippen molar-refractivity contribution < 1.29 is 4.79 Å². The van der Waals surface area contributed by atoms with Crippen molar-refractivity contribution in [2.45, 2.75) is 30.4 Å². The molecule has 3 aromatic rings. The molecule has 26 heavy (non-hydrogen) atoms. The summed E-state index contributed by atoms with van der Waals surface area (Å²) in [4.78, 5) is 16.3. The van der Waals surface area contributed by atoms with Crippen LogP contribution >= 0.6 is 11.8 Å². The Labute approximate surface area is 157 Å². The van der Waals surface area contributed by atoms with Gasteiger partial charge < -0.3 is 4.90 Å². The summed E-state index contributed by atoms with van der Waals surface area (Å²) in [6, 6.07) is 19.9. The second kappa shape index (κ2) is 7.00. The minimum Gasteiger partial charge on any atom is -0.306 e. The predicted molar refractivity (Wildman–Crippen MR) is 106 cm³/mol. The van der Waals surface area contributed by atoms with E-state index >= 15 is 0 Å². The monoisotopic (exact) mass is 363 g/mol. The third kappa shape index (κ3) is 3.15. The second-order valence-corrected chi connectivity index (χ2v) is 8.04. The smallest absolute Gasteiger partial charge is 0.278 e. The zero-order valence-electron chi connectivity index (χ0n) is 14.9. The molecule has 1 aromatic heterocycles. The van der Waals surface area contributed by atoms with Gasteiger partial charge in [-0.05, 0) is 43.7 Å². The van der Waals surface area contributed by atoms with Crippen molar-refractivity contribution in [3.8, 4) is 5.69 Å². The van der Waals surface area contributed by atoms with Gasteiger partial charge in [0, 0.05) is 22.4 Å².